The third-order valence-electron chi connectivity index (χ3n) is 3.31. The van der Waals surface area contributed by atoms with Gasteiger partial charge in [-0.2, -0.15) is 0 Å². The third kappa shape index (κ3) is 2.20. The molecule has 3 nitrogen and oxygen atoms in total. The van der Waals surface area contributed by atoms with Crippen molar-refractivity contribution in [3.05, 3.63) is 28.2 Å². The SMILES string of the molecule is NC(=S)C1(C(=O)Nc2c(Cl)cccc2Cl)CCC1. The van der Waals surface area contributed by atoms with Crippen LogP contribution in [0.25, 0.3) is 0 Å². The van der Waals surface area contributed by atoms with E-state index < -0.39 is 5.41 Å². The van der Waals surface area contributed by atoms with Crippen LogP contribution in [0.1, 0.15) is 19.3 Å². The highest BCUT2D eigenvalue weighted by Crippen LogP contribution is 2.43. The lowest BCUT2D eigenvalue weighted by Gasteiger charge is -2.39. The number of para-hydroxylation sites is 1. The van der Waals surface area contributed by atoms with Crippen LogP contribution in [0.4, 0.5) is 5.69 Å². The van der Waals surface area contributed by atoms with Gasteiger partial charge in [0.25, 0.3) is 0 Å². The van der Waals surface area contributed by atoms with Gasteiger partial charge in [-0.1, -0.05) is 47.9 Å². The summed E-state index contributed by atoms with van der Waals surface area (Å²) >= 11 is 17.0. The van der Waals surface area contributed by atoms with Crippen molar-refractivity contribution < 1.29 is 4.79 Å². The Morgan fingerprint density at radius 1 is 1.33 bits per heavy atom. The molecule has 1 aliphatic carbocycles. The number of nitrogens with two attached hydrogens (primary N) is 1. The van der Waals surface area contributed by atoms with Crippen LogP contribution in [0.5, 0.6) is 0 Å². The maximum absolute atomic E-state index is 12.3. The Kier molecular flexibility index (Phi) is 3.80. The maximum atomic E-state index is 12.3. The molecule has 0 bridgehead atoms. The van der Waals surface area contributed by atoms with Crippen LogP contribution < -0.4 is 11.1 Å². The molecule has 1 saturated carbocycles. The number of anilines is 1. The van der Waals surface area contributed by atoms with Crippen LogP contribution in [0.15, 0.2) is 18.2 Å². The normalized spacial score (nSPS) is 16.8. The molecule has 1 aromatic carbocycles. The van der Waals surface area contributed by atoms with E-state index in [0.29, 0.717) is 28.6 Å². The van der Waals surface area contributed by atoms with E-state index in [2.05, 4.69) is 5.32 Å². The monoisotopic (exact) mass is 302 g/mol. The Morgan fingerprint density at radius 3 is 2.28 bits per heavy atom. The number of benzene rings is 1. The van der Waals surface area contributed by atoms with E-state index in [1.165, 1.54) is 0 Å². The first kappa shape index (κ1) is 13.6. The Balaban J connectivity index is 2.24. The summed E-state index contributed by atoms with van der Waals surface area (Å²) in [6.45, 7) is 0. The fourth-order valence-electron chi connectivity index (χ4n) is 1.97. The molecule has 0 heterocycles. The molecule has 3 N–H and O–H groups in total. The average Bonchev–Trinajstić information content (AvgIpc) is 2.21. The van der Waals surface area contributed by atoms with Gasteiger partial charge in [-0.25, -0.2) is 0 Å². The second kappa shape index (κ2) is 5.03. The van der Waals surface area contributed by atoms with E-state index in [4.69, 9.17) is 41.2 Å². The molecule has 18 heavy (non-hydrogen) atoms. The van der Waals surface area contributed by atoms with Crippen LogP contribution in [0.2, 0.25) is 10.0 Å². The first-order valence-electron chi connectivity index (χ1n) is 5.53. The van der Waals surface area contributed by atoms with Gasteiger partial charge < -0.3 is 11.1 Å². The average molecular weight is 303 g/mol. The van der Waals surface area contributed by atoms with E-state index in [-0.39, 0.29) is 10.9 Å². The van der Waals surface area contributed by atoms with Crippen molar-refractivity contribution in [2.75, 3.05) is 5.32 Å². The van der Waals surface area contributed by atoms with Crippen molar-refractivity contribution in [2.24, 2.45) is 11.1 Å². The summed E-state index contributed by atoms with van der Waals surface area (Å²) in [5, 5.41) is 3.53. The summed E-state index contributed by atoms with van der Waals surface area (Å²) in [5.74, 6) is -0.226. The van der Waals surface area contributed by atoms with Gasteiger partial charge in [-0.3, -0.25) is 4.79 Å². The summed E-state index contributed by atoms with van der Waals surface area (Å²) < 4.78 is 0. The molecule has 0 unspecified atom stereocenters. The van der Waals surface area contributed by atoms with E-state index in [1.54, 1.807) is 18.2 Å². The first-order chi connectivity index (χ1) is 8.47. The lowest BCUT2D eigenvalue weighted by molar-refractivity contribution is -0.125. The minimum Gasteiger partial charge on any atom is -0.392 e. The van der Waals surface area contributed by atoms with Crippen molar-refractivity contribution in [3.63, 3.8) is 0 Å². The van der Waals surface area contributed by atoms with Crippen molar-refractivity contribution in [2.45, 2.75) is 19.3 Å². The van der Waals surface area contributed by atoms with Crippen molar-refractivity contribution in [3.8, 4) is 0 Å². The number of carbonyl (C=O) groups is 1. The molecule has 0 spiro atoms. The highest BCUT2D eigenvalue weighted by atomic mass is 35.5. The maximum Gasteiger partial charge on any atom is 0.237 e. The fourth-order valence-corrected chi connectivity index (χ4v) is 2.75. The second-order valence-corrected chi connectivity index (χ2v) is 5.60. The summed E-state index contributed by atoms with van der Waals surface area (Å²) in [5.41, 5.74) is 5.34. The van der Waals surface area contributed by atoms with Gasteiger partial charge in [-0.15, -0.1) is 0 Å². The number of rotatable bonds is 3. The Morgan fingerprint density at radius 2 is 1.89 bits per heavy atom. The summed E-state index contributed by atoms with van der Waals surface area (Å²) in [6.07, 6.45) is 2.30. The zero-order chi connectivity index (χ0) is 13.3. The van der Waals surface area contributed by atoms with Gasteiger partial charge in [0.15, 0.2) is 0 Å². The van der Waals surface area contributed by atoms with Crippen LogP contribution in [-0.2, 0) is 4.79 Å². The largest absolute Gasteiger partial charge is 0.392 e. The molecular formula is C12H12Cl2N2OS. The van der Waals surface area contributed by atoms with Crippen LogP contribution >= 0.6 is 35.4 Å². The molecule has 0 saturated heterocycles. The minimum absolute atomic E-state index is 0.226. The molecule has 6 heteroatoms. The molecule has 1 amide bonds. The Labute approximate surface area is 121 Å². The van der Waals surface area contributed by atoms with Gasteiger partial charge >= 0.3 is 0 Å². The quantitative estimate of drug-likeness (QED) is 0.842. The first-order valence-corrected chi connectivity index (χ1v) is 6.69. The zero-order valence-corrected chi connectivity index (χ0v) is 11.8. The van der Waals surface area contributed by atoms with Gasteiger partial charge in [0.1, 0.15) is 0 Å². The second-order valence-electron chi connectivity index (χ2n) is 4.35. The molecule has 0 atom stereocenters. The third-order valence-corrected chi connectivity index (χ3v) is 4.34. The van der Waals surface area contributed by atoms with E-state index >= 15 is 0 Å². The molecule has 1 aliphatic rings. The minimum atomic E-state index is -0.738. The molecule has 0 aliphatic heterocycles. The van der Waals surface area contributed by atoms with E-state index in [1.807, 2.05) is 0 Å². The molecule has 0 aromatic heterocycles. The number of hydrogen-bond acceptors (Lipinski definition) is 2. The molecule has 96 valence electrons. The number of hydrogen-bond donors (Lipinski definition) is 2. The van der Waals surface area contributed by atoms with E-state index in [9.17, 15) is 4.79 Å². The molecule has 1 fully saturated rings. The number of nitrogens with one attached hydrogen (secondary N) is 1. The number of halogens is 2. The standard InChI is InChI=1S/C12H12Cl2N2OS/c13-7-3-1-4-8(14)9(7)16-11(17)12(10(15)18)5-2-6-12/h1,3-4H,2,5-6H2,(H2,15,18)(H,16,17). The topological polar surface area (TPSA) is 55.1 Å². The summed E-state index contributed by atoms with van der Waals surface area (Å²) in [4.78, 5) is 12.5. The summed E-state index contributed by atoms with van der Waals surface area (Å²) in [6, 6.07) is 5.04. The number of carbonyl (C=O) groups excluding carboxylic acids is 1. The zero-order valence-electron chi connectivity index (χ0n) is 9.50. The predicted molar refractivity (Wildman–Crippen MR) is 78.2 cm³/mol. The van der Waals surface area contributed by atoms with Gasteiger partial charge in [-0.05, 0) is 25.0 Å². The van der Waals surface area contributed by atoms with Crippen LogP contribution in [-0.4, -0.2) is 10.9 Å². The van der Waals surface area contributed by atoms with Crippen LogP contribution in [0.3, 0.4) is 0 Å². The van der Waals surface area contributed by atoms with Gasteiger partial charge in [0.2, 0.25) is 5.91 Å². The molecule has 0 radical (unpaired) electrons. The van der Waals surface area contributed by atoms with Crippen molar-refractivity contribution in [1.29, 1.82) is 0 Å². The predicted octanol–water partition coefficient (Wildman–Crippen LogP) is 3.39. The Hall–Kier alpha value is -0.840. The van der Waals surface area contributed by atoms with Gasteiger partial charge in [0, 0.05) is 0 Å². The lowest BCUT2D eigenvalue weighted by Crippen LogP contribution is -2.50. The van der Waals surface area contributed by atoms with Gasteiger partial charge in [0.05, 0.1) is 26.1 Å². The van der Waals surface area contributed by atoms with E-state index in [0.717, 1.165) is 6.42 Å². The van der Waals surface area contributed by atoms with Crippen LogP contribution in [0, 0.1) is 5.41 Å². The van der Waals surface area contributed by atoms with Crippen molar-refractivity contribution >= 4 is 52.0 Å². The highest BCUT2D eigenvalue weighted by Gasteiger charge is 2.47. The molecule has 1 aromatic rings. The number of thiocarbonyl (C=S) groups is 1. The highest BCUT2D eigenvalue weighted by molar-refractivity contribution is 7.80. The summed E-state index contributed by atoms with van der Waals surface area (Å²) in [7, 11) is 0. The molecule has 2 rings (SSSR count). The lowest BCUT2D eigenvalue weighted by atomic mass is 9.68. The fraction of sp³-hybridized carbons (Fsp3) is 0.333. The smallest absolute Gasteiger partial charge is 0.237 e. The Bertz CT molecular complexity index is 495. The molecular weight excluding hydrogens is 291 g/mol. The number of amides is 1. The van der Waals surface area contributed by atoms with Crippen molar-refractivity contribution in [1.82, 2.24) is 0 Å².